The van der Waals surface area contributed by atoms with E-state index in [1.165, 1.54) is 6.33 Å². The molecule has 16 heavy (non-hydrogen) atoms. The Balaban J connectivity index is 2.12. The first-order valence-electron chi connectivity index (χ1n) is 4.96. The highest BCUT2D eigenvalue weighted by molar-refractivity contribution is 6.30. The molecule has 82 valence electrons. The van der Waals surface area contributed by atoms with E-state index in [2.05, 4.69) is 15.1 Å². The van der Waals surface area contributed by atoms with E-state index in [-0.39, 0.29) is 0 Å². The molecule has 1 aliphatic rings. The van der Waals surface area contributed by atoms with Gasteiger partial charge >= 0.3 is 0 Å². The molecule has 0 atom stereocenters. The van der Waals surface area contributed by atoms with Crippen LogP contribution in [0.25, 0.3) is 5.82 Å². The molecule has 0 bridgehead atoms. The highest BCUT2D eigenvalue weighted by atomic mass is 35.5. The summed E-state index contributed by atoms with van der Waals surface area (Å²) >= 11 is 6.24. The Morgan fingerprint density at radius 1 is 1.44 bits per heavy atom. The van der Waals surface area contributed by atoms with Crippen molar-refractivity contribution in [3.8, 4) is 5.82 Å². The van der Waals surface area contributed by atoms with E-state index >= 15 is 0 Å². The quantitative estimate of drug-likeness (QED) is 0.751. The Hall–Kier alpha value is -1.46. The van der Waals surface area contributed by atoms with Crippen molar-refractivity contribution in [2.24, 2.45) is 0 Å². The highest BCUT2D eigenvalue weighted by Gasteiger charge is 2.20. The lowest BCUT2D eigenvalue weighted by molar-refractivity contribution is 0.110. The molecule has 5 nitrogen and oxygen atoms in total. The monoisotopic (exact) mass is 236 g/mol. The number of ether oxygens (including phenoxy) is 1. The number of hydrogen-bond donors (Lipinski definition) is 0. The van der Waals surface area contributed by atoms with E-state index in [1.807, 2.05) is 0 Å². The summed E-state index contributed by atoms with van der Waals surface area (Å²) in [6.45, 7) is 1.23. The van der Waals surface area contributed by atoms with E-state index in [1.54, 1.807) is 16.9 Å². The van der Waals surface area contributed by atoms with Crippen molar-refractivity contribution in [3.05, 3.63) is 35.0 Å². The minimum absolute atomic E-state index is 0.527. The molecule has 0 saturated carbocycles. The summed E-state index contributed by atoms with van der Waals surface area (Å²) in [4.78, 5) is 7.98. The minimum Gasteiger partial charge on any atom is -0.376 e. The minimum atomic E-state index is 0.527. The third-order valence-electron chi connectivity index (χ3n) is 2.52. The smallest absolute Gasteiger partial charge is 0.158 e. The van der Waals surface area contributed by atoms with Crippen molar-refractivity contribution in [2.45, 2.75) is 13.0 Å². The molecule has 0 aliphatic carbocycles. The largest absolute Gasteiger partial charge is 0.376 e. The molecule has 0 fully saturated rings. The molecule has 0 N–H and O–H groups in total. The van der Waals surface area contributed by atoms with Gasteiger partial charge in [-0.25, -0.2) is 14.6 Å². The third-order valence-corrected chi connectivity index (χ3v) is 2.91. The average molecular weight is 237 g/mol. The maximum atomic E-state index is 6.24. The molecular weight excluding hydrogens is 228 g/mol. The summed E-state index contributed by atoms with van der Waals surface area (Å²) in [5.41, 5.74) is 1.96. The Labute approximate surface area is 97.0 Å². The SMILES string of the molecule is Clc1c2c(nn1-c1ccncn1)CCOC2. The second-order valence-electron chi connectivity index (χ2n) is 3.50. The van der Waals surface area contributed by atoms with E-state index in [4.69, 9.17) is 16.3 Å². The normalized spacial score (nSPS) is 14.8. The van der Waals surface area contributed by atoms with Crippen LogP contribution >= 0.6 is 11.6 Å². The lowest BCUT2D eigenvalue weighted by Crippen LogP contribution is -2.08. The summed E-state index contributed by atoms with van der Waals surface area (Å²) < 4.78 is 6.98. The molecule has 0 unspecified atom stereocenters. The summed E-state index contributed by atoms with van der Waals surface area (Å²) in [6.07, 6.45) is 3.94. The van der Waals surface area contributed by atoms with Crippen molar-refractivity contribution in [3.63, 3.8) is 0 Å². The van der Waals surface area contributed by atoms with Crippen molar-refractivity contribution >= 4 is 11.6 Å². The summed E-state index contributed by atoms with van der Waals surface area (Å²) in [7, 11) is 0. The van der Waals surface area contributed by atoms with Crippen molar-refractivity contribution in [1.82, 2.24) is 19.7 Å². The fraction of sp³-hybridized carbons (Fsp3) is 0.300. The van der Waals surface area contributed by atoms with Gasteiger partial charge in [0.05, 0.1) is 18.9 Å². The molecule has 2 aromatic rings. The number of hydrogen-bond acceptors (Lipinski definition) is 4. The molecule has 0 amide bonds. The molecule has 3 rings (SSSR count). The summed E-state index contributed by atoms with van der Waals surface area (Å²) in [5.74, 6) is 0.675. The van der Waals surface area contributed by atoms with Gasteiger partial charge in [0.2, 0.25) is 0 Å². The molecule has 2 aromatic heterocycles. The number of halogens is 1. The predicted molar refractivity (Wildman–Crippen MR) is 57.5 cm³/mol. The topological polar surface area (TPSA) is 52.8 Å². The maximum Gasteiger partial charge on any atom is 0.158 e. The Bertz CT molecular complexity index is 511. The number of nitrogens with zero attached hydrogens (tertiary/aromatic N) is 4. The zero-order chi connectivity index (χ0) is 11.0. The van der Waals surface area contributed by atoms with Gasteiger partial charge in [0, 0.05) is 24.2 Å². The number of rotatable bonds is 1. The van der Waals surface area contributed by atoms with Gasteiger partial charge in [-0.1, -0.05) is 11.6 Å². The van der Waals surface area contributed by atoms with Gasteiger partial charge < -0.3 is 4.74 Å². The van der Waals surface area contributed by atoms with Crippen molar-refractivity contribution in [2.75, 3.05) is 6.61 Å². The fourth-order valence-corrected chi connectivity index (χ4v) is 2.01. The molecule has 0 spiro atoms. The van der Waals surface area contributed by atoms with E-state index in [0.717, 1.165) is 17.7 Å². The van der Waals surface area contributed by atoms with Gasteiger partial charge in [-0.2, -0.15) is 5.10 Å². The second-order valence-corrected chi connectivity index (χ2v) is 3.86. The first kappa shape index (κ1) is 9.74. The van der Waals surface area contributed by atoms with Gasteiger partial charge in [0.1, 0.15) is 11.5 Å². The van der Waals surface area contributed by atoms with Crippen LogP contribution in [0, 0.1) is 0 Å². The van der Waals surface area contributed by atoms with Gasteiger partial charge in [-0.15, -0.1) is 0 Å². The van der Waals surface area contributed by atoms with Crippen LogP contribution in [0.4, 0.5) is 0 Å². The molecule has 3 heterocycles. The van der Waals surface area contributed by atoms with Crippen molar-refractivity contribution in [1.29, 1.82) is 0 Å². The average Bonchev–Trinajstić information content (AvgIpc) is 2.69. The van der Waals surface area contributed by atoms with Crippen LogP contribution in [0.3, 0.4) is 0 Å². The van der Waals surface area contributed by atoms with Crippen LogP contribution in [0.1, 0.15) is 11.3 Å². The number of fused-ring (bicyclic) bond motifs is 1. The van der Waals surface area contributed by atoms with Crippen molar-refractivity contribution < 1.29 is 4.74 Å². The first-order chi connectivity index (χ1) is 7.86. The molecular formula is C10H9ClN4O. The van der Waals surface area contributed by atoms with E-state index < -0.39 is 0 Å². The fourth-order valence-electron chi connectivity index (χ4n) is 1.72. The lowest BCUT2D eigenvalue weighted by Gasteiger charge is -2.09. The Morgan fingerprint density at radius 3 is 3.12 bits per heavy atom. The van der Waals surface area contributed by atoms with Crippen LogP contribution in [0.5, 0.6) is 0 Å². The third kappa shape index (κ3) is 1.48. The second kappa shape index (κ2) is 3.84. The molecule has 0 aromatic carbocycles. The van der Waals surface area contributed by atoms with Gasteiger partial charge in [0.15, 0.2) is 5.82 Å². The molecule has 0 saturated heterocycles. The van der Waals surface area contributed by atoms with Gasteiger partial charge in [-0.05, 0) is 0 Å². The number of aromatic nitrogens is 4. The summed E-state index contributed by atoms with van der Waals surface area (Å²) in [6, 6.07) is 1.77. The molecule has 0 radical (unpaired) electrons. The van der Waals surface area contributed by atoms with E-state index in [0.29, 0.717) is 24.2 Å². The Morgan fingerprint density at radius 2 is 2.38 bits per heavy atom. The maximum absolute atomic E-state index is 6.24. The molecule has 6 heteroatoms. The van der Waals surface area contributed by atoms with Gasteiger partial charge in [-0.3, -0.25) is 0 Å². The van der Waals surface area contributed by atoms with Crippen LogP contribution in [0.15, 0.2) is 18.6 Å². The zero-order valence-electron chi connectivity index (χ0n) is 8.43. The Kier molecular flexibility index (Phi) is 2.34. The van der Waals surface area contributed by atoms with Crippen LogP contribution in [0.2, 0.25) is 5.15 Å². The first-order valence-corrected chi connectivity index (χ1v) is 5.34. The predicted octanol–water partition coefficient (Wildman–Crippen LogP) is 1.39. The van der Waals surface area contributed by atoms with E-state index in [9.17, 15) is 0 Å². The lowest BCUT2D eigenvalue weighted by atomic mass is 10.2. The van der Waals surface area contributed by atoms with Crippen LogP contribution < -0.4 is 0 Å². The van der Waals surface area contributed by atoms with Crippen LogP contribution in [-0.2, 0) is 17.8 Å². The highest BCUT2D eigenvalue weighted by Crippen LogP contribution is 2.26. The van der Waals surface area contributed by atoms with Gasteiger partial charge in [0.25, 0.3) is 0 Å². The van der Waals surface area contributed by atoms with Crippen LogP contribution in [-0.4, -0.2) is 26.4 Å². The standard InChI is InChI=1S/C10H9ClN4O/c11-10-7-5-16-4-2-8(7)14-15(10)9-1-3-12-6-13-9/h1,3,6H,2,4-5H2. The summed E-state index contributed by atoms with van der Waals surface area (Å²) in [5, 5.41) is 5.01. The molecule has 1 aliphatic heterocycles. The zero-order valence-corrected chi connectivity index (χ0v) is 9.18.